The fourth-order valence-electron chi connectivity index (χ4n) is 2.17. The number of carboxylic acids is 1. The van der Waals surface area contributed by atoms with Gasteiger partial charge in [0.15, 0.2) is 0 Å². The first-order chi connectivity index (χ1) is 9.41. The molecule has 2 rings (SSSR count). The van der Waals surface area contributed by atoms with Gasteiger partial charge in [0, 0.05) is 24.8 Å². The van der Waals surface area contributed by atoms with E-state index in [1.165, 1.54) is 18.2 Å². The molecule has 20 heavy (non-hydrogen) atoms. The summed E-state index contributed by atoms with van der Waals surface area (Å²) in [6.45, 7) is 2.64. The Bertz CT molecular complexity index is 586. The van der Waals surface area contributed by atoms with Gasteiger partial charge in [0.2, 0.25) is 5.91 Å². The van der Waals surface area contributed by atoms with Gasteiger partial charge in [0.25, 0.3) is 5.69 Å². The first-order valence-electron chi connectivity index (χ1n) is 5.98. The minimum Gasteiger partial charge on any atom is -0.477 e. The van der Waals surface area contributed by atoms with E-state index in [1.807, 2.05) is 0 Å². The second-order valence-electron chi connectivity index (χ2n) is 4.42. The highest BCUT2D eigenvalue weighted by Crippen LogP contribution is 2.27. The summed E-state index contributed by atoms with van der Waals surface area (Å²) < 4.78 is 0. The van der Waals surface area contributed by atoms with Gasteiger partial charge in [-0.25, -0.2) is 4.79 Å². The normalized spacial score (nSPS) is 18.6. The molecule has 8 heteroatoms. The van der Waals surface area contributed by atoms with Crippen LogP contribution in [0.2, 0.25) is 0 Å². The lowest BCUT2D eigenvalue weighted by atomic mass is 10.1. The van der Waals surface area contributed by atoms with Crippen molar-refractivity contribution in [3.8, 4) is 0 Å². The fourth-order valence-corrected chi connectivity index (χ4v) is 2.17. The number of nitro benzene ring substituents is 1. The molecule has 1 saturated heterocycles. The van der Waals surface area contributed by atoms with Gasteiger partial charge in [-0.05, 0) is 19.1 Å². The second kappa shape index (κ2) is 5.16. The maximum absolute atomic E-state index is 11.6. The smallest absolute Gasteiger partial charge is 0.342 e. The van der Waals surface area contributed by atoms with Crippen molar-refractivity contribution in [1.29, 1.82) is 0 Å². The zero-order chi connectivity index (χ0) is 14.9. The number of hydrogen-bond acceptors (Lipinski definition) is 5. The Labute approximate surface area is 114 Å². The predicted octanol–water partition coefficient (Wildman–Crippen LogP) is 0.618. The molecule has 0 spiro atoms. The molecule has 1 aromatic rings. The molecule has 0 aromatic heterocycles. The third-order valence-corrected chi connectivity index (χ3v) is 3.24. The van der Waals surface area contributed by atoms with Crippen molar-refractivity contribution in [2.75, 3.05) is 18.0 Å². The lowest BCUT2D eigenvalue weighted by Crippen LogP contribution is -2.54. The summed E-state index contributed by atoms with van der Waals surface area (Å²) >= 11 is 0. The van der Waals surface area contributed by atoms with Gasteiger partial charge in [0.05, 0.1) is 4.92 Å². The minimum atomic E-state index is -1.35. The van der Waals surface area contributed by atoms with E-state index in [4.69, 9.17) is 5.11 Å². The maximum Gasteiger partial charge on any atom is 0.342 e. The molecule has 8 nitrogen and oxygen atoms in total. The quantitative estimate of drug-likeness (QED) is 0.619. The topological polar surface area (TPSA) is 113 Å². The van der Waals surface area contributed by atoms with Crippen molar-refractivity contribution in [2.24, 2.45) is 0 Å². The van der Waals surface area contributed by atoms with Crippen LogP contribution >= 0.6 is 0 Å². The SMILES string of the molecule is CC1C(=O)NCCN1c1ccc(C(=O)O)c([N+](=O)[O-])c1. The number of nitro groups is 1. The number of piperazine rings is 1. The molecule has 1 aliphatic heterocycles. The number of benzene rings is 1. The number of nitrogens with zero attached hydrogens (tertiary/aromatic N) is 2. The average Bonchev–Trinajstić information content (AvgIpc) is 2.41. The summed E-state index contributed by atoms with van der Waals surface area (Å²) in [5.41, 5.74) is -0.384. The summed E-state index contributed by atoms with van der Waals surface area (Å²) in [5.74, 6) is -1.52. The number of amides is 1. The van der Waals surface area contributed by atoms with Gasteiger partial charge in [0.1, 0.15) is 11.6 Å². The average molecular weight is 279 g/mol. The van der Waals surface area contributed by atoms with Crippen LogP contribution in [0.3, 0.4) is 0 Å². The summed E-state index contributed by atoms with van der Waals surface area (Å²) in [4.78, 5) is 34.5. The molecule has 1 aromatic carbocycles. The molecular formula is C12H13N3O5. The van der Waals surface area contributed by atoms with Crippen LogP contribution in [0.25, 0.3) is 0 Å². The molecule has 1 fully saturated rings. The number of aromatic carboxylic acids is 1. The highest BCUT2D eigenvalue weighted by Gasteiger charge is 2.28. The summed E-state index contributed by atoms with van der Waals surface area (Å²) in [6.07, 6.45) is 0. The highest BCUT2D eigenvalue weighted by molar-refractivity contribution is 5.93. The van der Waals surface area contributed by atoms with Crippen LogP contribution < -0.4 is 10.2 Å². The zero-order valence-corrected chi connectivity index (χ0v) is 10.7. The van der Waals surface area contributed by atoms with Crippen LogP contribution in [0.1, 0.15) is 17.3 Å². The van der Waals surface area contributed by atoms with E-state index in [2.05, 4.69) is 5.32 Å². The van der Waals surface area contributed by atoms with Crippen LogP contribution in [0, 0.1) is 10.1 Å². The van der Waals surface area contributed by atoms with Crippen molar-refractivity contribution in [1.82, 2.24) is 5.32 Å². The van der Waals surface area contributed by atoms with E-state index < -0.39 is 22.6 Å². The fraction of sp³-hybridized carbons (Fsp3) is 0.333. The van der Waals surface area contributed by atoms with E-state index in [1.54, 1.807) is 11.8 Å². The van der Waals surface area contributed by atoms with Crippen LogP contribution in [0.4, 0.5) is 11.4 Å². The number of hydrogen-bond donors (Lipinski definition) is 2. The number of rotatable bonds is 3. The molecule has 0 aliphatic carbocycles. The Morgan fingerprint density at radius 2 is 2.25 bits per heavy atom. The Morgan fingerprint density at radius 3 is 2.85 bits per heavy atom. The van der Waals surface area contributed by atoms with Gasteiger partial charge >= 0.3 is 5.97 Å². The summed E-state index contributed by atoms with van der Waals surface area (Å²) in [7, 11) is 0. The largest absolute Gasteiger partial charge is 0.477 e. The predicted molar refractivity (Wildman–Crippen MR) is 69.9 cm³/mol. The molecule has 2 N–H and O–H groups in total. The summed E-state index contributed by atoms with van der Waals surface area (Å²) in [5, 5.41) is 22.6. The van der Waals surface area contributed by atoms with E-state index in [-0.39, 0.29) is 11.5 Å². The lowest BCUT2D eigenvalue weighted by Gasteiger charge is -2.34. The molecular weight excluding hydrogens is 266 g/mol. The number of nitrogens with one attached hydrogen (secondary N) is 1. The second-order valence-corrected chi connectivity index (χ2v) is 4.42. The van der Waals surface area contributed by atoms with Gasteiger partial charge in [-0.1, -0.05) is 0 Å². The van der Waals surface area contributed by atoms with E-state index in [0.717, 1.165) is 0 Å². The van der Waals surface area contributed by atoms with Gasteiger partial charge in [-0.15, -0.1) is 0 Å². The highest BCUT2D eigenvalue weighted by atomic mass is 16.6. The van der Waals surface area contributed by atoms with Crippen LogP contribution in [-0.2, 0) is 4.79 Å². The molecule has 0 bridgehead atoms. The van der Waals surface area contributed by atoms with Crippen molar-refractivity contribution in [3.05, 3.63) is 33.9 Å². The van der Waals surface area contributed by atoms with Crippen molar-refractivity contribution in [3.63, 3.8) is 0 Å². The maximum atomic E-state index is 11.6. The minimum absolute atomic E-state index is 0.166. The third kappa shape index (κ3) is 2.40. The van der Waals surface area contributed by atoms with Crippen molar-refractivity contribution in [2.45, 2.75) is 13.0 Å². The first kappa shape index (κ1) is 13.8. The molecule has 0 saturated carbocycles. The van der Waals surface area contributed by atoms with E-state index >= 15 is 0 Å². The third-order valence-electron chi connectivity index (χ3n) is 3.24. The number of carbonyl (C=O) groups is 2. The van der Waals surface area contributed by atoms with Crippen molar-refractivity contribution >= 4 is 23.3 Å². The number of carboxylic acid groups (broad SMARTS) is 1. The number of anilines is 1. The molecule has 1 amide bonds. The van der Waals surface area contributed by atoms with Crippen LogP contribution in [0.15, 0.2) is 18.2 Å². The zero-order valence-electron chi connectivity index (χ0n) is 10.7. The lowest BCUT2D eigenvalue weighted by molar-refractivity contribution is -0.385. The van der Waals surface area contributed by atoms with Gasteiger partial charge < -0.3 is 15.3 Å². The van der Waals surface area contributed by atoms with Crippen molar-refractivity contribution < 1.29 is 19.6 Å². The van der Waals surface area contributed by atoms with Crippen LogP contribution in [0.5, 0.6) is 0 Å². The molecule has 1 aliphatic rings. The first-order valence-corrected chi connectivity index (χ1v) is 5.98. The van der Waals surface area contributed by atoms with E-state index in [9.17, 15) is 19.7 Å². The molecule has 106 valence electrons. The van der Waals surface area contributed by atoms with Crippen LogP contribution in [-0.4, -0.2) is 41.0 Å². The Balaban J connectivity index is 2.43. The Hall–Kier alpha value is -2.64. The molecule has 1 heterocycles. The Morgan fingerprint density at radius 1 is 1.55 bits per heavy atom. The van der Waals surface area contributed by atoms with Gasteiger partial charge in [-0.2, -0.15) is 0 Å². The summed E-state index contributed by atoms with van der Waals surface area (Å²) in [6, 6.07) is 3.40. The monoisotopic (exact) mass is 279 g/mol. The van der Waals surface area contributed by atoms with Gasteiger partial charge in [-0.3, -0.25) is 14.9 Å². The van der Waals surface area contributed by atoms with E-state index in [0.29, 0.717) is 18.8 Å². The molecule has 1 unspecified atom stereocenters. The molecule has 1 atom stereocenters. The standard InChI is InChI=1S/C12H13N3O5/c1-7-11(16)13-4-5-14(7)8-2-3-9(12(17)18)10(6-8)15(19)20/h2-3,6-7H,4-5H2,1H3,(H,13,16)(H,17,18). The molecule has 0 radical (unpaired) electrons. The Kier molecular flexibility index (Phi) is 3.55. The number of carbonyl (C=O) groups excluding carboxylic acids is 1.